The maximum Gasteiger partial charge on any atom is 0.306 e. The van der Waals surface area contributed by atoms with E-state index >= 15 is 0 Å². The van der Waals surface area contributed by atoms with Gasteiger partial charge in [0.15, 0.2) is 0 Å². The van der Waals surface area contributed by atoms with Gasteiger partial charge in [0.25, 0.3) is 0 Å². The molecule has 4 nitrogen and oxygen atoms in total. The number of nitrogens with zero attached hydrogens (tertiary/aromatic N) is 2. The van der Waals surface area contributed by atoms with Gasteiger partial charge in [-0.25, -0.2) is 8.78 Å². The monoisotopic (exact) mass is 358 g/mol. The molecule has 0 spiro atoms. The zero-order chi connectivity index (χ0) is 18.7. The number of hydrogen-bond donors (Lipinski definition) is 0. The van der Waals surface area contributed by atoms with Crippen molar-refractivity contribution >= 4 is 16.9 Å². The van der Waals surface area contributed by atoms with Crippen LogP contribution in [0, 0.1) is 18.6 Å². The van der Waals surface area contributed by atoms with Crippen LogP contribution in [-0.2, 0) is 22.5 Å². The van der Waals surface area contributed by atoms with Crippen molar-refractivity contribution in [1.29, 1.82) is 0 Å². The molecule has 0 aliphatic rings. The highest BCUT2D eigenvalue weighted by Gasteiger charge is 2.14. The summed E-state index contributed by atoms with van der Waals surface area (Å²) in [5, 5.41) is 5.49. The third-order valence-corrected chi connectivity index (χ3v) is 4.19. The molecule has 0 atom stereocenters. The lowest BCUT2D eigenvalue weighted by Crippen LogP contribution is -2.07. The van der Waals surface area contributed by atoms with E-state index in [0.29, 0.717) is 18.6 Å². The number of aryl methyl sites for hydroxylation is 2. The van der Waals surface area contributed by atoms with Crippen LogP contribution in [0.5, 0.6) is 0 Å². The SMILES string of the molecule is CCOC(=O)CCc1nn(Cc2ccc(F)cc2F)c2cc(C)ccc12. The molecule has 0 saturated heterocycles. The number of halogens is 2. The highest BCUT2D eigenvalue weighted by Crippen LogP contribution is 2.23. The molecule has 0 radical (unpaired) electrons. The molecule has 3 rings (SSSR count). The fourth-order valence-corrected chi connectivity index (χ4v) is 2.92. The molecule has 0 N–H and O–H groups in total. The molecule has 1 heterocycles. The quantitative estimate of drug-likeness (QED) is 0.621. The third kappa shape index (κ3) is 3.90. The Morgan fingerprint density at radius 2 is 2.00 bits per heavy atom. The van der Waals surface area contributed by atoms with Crippen molar-refractivity contribution in [2.45, 2.75) is 33.2 Å². The Morgan fingerprint density at radius 1 is 1.19 bits per heavy atom. The predicted molar refractivity (Wildman–Crippen MR) is 94.9 cm³/mol. The number of hydrogen-bond acceptors (Lipinski definition) is 3. The van der Waals surface area contributed by atoms with Gasteiger partial charge in [-0.05, 0) is 31.5 Å². The minimum Gasteiger partial charge on any atom is -0.466 e. The molecule has 136 valence electrons. The average molecular weight is 358 g/mol. The molecule has 0 fully saturated rings. The van der Waals surface area contributed by atoms with Gasteiger partial charge in [0.05, 0.1) is 30.8 Å². The topological polar surface area (TPSA) is 44.1 Å². The summed E-state index contributed by atoms with van der Waals surface area (Å²) in [4.78, 5) is 11.6. The molecule has 0 bridgehead atoms. The van der Waals surface area contributed by atoms with Crippen LogP contribution in [0.4, 0.5) is 8.78 Å². The van der Waals surface area contributed by atoms with Crippen molar-refractivity contribution in [3.8, 4) is 0 Å². The molecular weight excluding hydrogens is 338 g/mol. The molecule has 0 saturated carbocycles. The van der Waals surface area contributed by atoms with Crippen molar-refractivity contribution in [1.82, 2.24) is 9.78 Å². The lowest BCUT2D eigenvalue weighted by molar-refractivity contribution is -0.143. The van der Waals surface area contributed by atoms with Gasteiger partial charge in [-0.15, -0.1) is 0 Å². The second-order valence-electron chi connectivity index (χ2n) is 6.17. The standard InChI is InChI=1S/C20H20F2N2O2/c1-3-26-20(25)9-8-18-16-7-4-13(2)10-19(16)24(23-18)12-14-5-6-15(21)11-17(14)22/h4-7,10-11H,3,8-9,12H2,1-2H3. The highest BCUT2D eigenvalue weighted by atomic mass is 19.1. The zero-order valence-electron chi connectivity index (χ0n) is 14.8. The second kappa shape index (κ2) is 7.64. The van der Waals surface area contributed by atoms with Gasteiger partial charge in [0, 0.05) is 23.4 Å². The fourth-order valence-electron chi connectivity index (χ4n) is 2.92. The number of ether oxygens (including phenoxy) is 1. The molecule has 2 aromatic carbocycles. The fraction of sp³-hybridized carbons (Fsp3) is 0.300. The van der Waals surface area contributed by atoms with Gasteiger partial charge in [0.1, 0.15) is 11.6 Å². The third-order valence-electron chi connectivity index (χ3n) is 4.19. The first-order valence-corrected chi connectivity index (χ1v) is 8.53. The molecule has 0 unspecified atom stereocenters. The van der Waals surface area contributed by atoms with Gasteiger partial charge < -0.3 is 4.74 Å². The largest absolute Gasteiger partial charge is 0.466 e. The number of benzene rings is 2. The Hall–Kier alpha value is -2.76. The smallest absolute Gasteiger partial charge is 0.306 e. The van der Waals surface area contributed by atoms with Crippen molar-refractivity contribution in [2.24, 2.45) is 0 Å². The van der Waals surface area contributed by atoms with E-state index in [0.717, 1.165) is 28.2 Å². The zero-order valence-corrected chi connectivity index (χ0v) is 14.8. The molecule has 0 amide bonds. The van der Waals surface area contributed by atoms with Crippen molar-refractivity contribution < 1.29 is 18.3 Å². The van der Waals surface area contributed by atoms with Crippen LogP contribution in [0.3, 0.4) is 0 Å². The van der Waals surface area contributed by atoms with Crippen molar-refractivity contribution in [3.05, 3.63) is 64.9 Å². The molecule has 0 aliphatic carbocycles. The van der Waals surface area contributed by atoms with Gasteiger partial charge in [-0.1, -0.05) is 18.2 Å². The molecule has 0 aliphatic heterocycles. The van der Waals surface area contributed by atoms with Crippen LogP contribution >= 0.6 is 0 Å². The van der Waals surface area contributed by atoms with Crippen LogP contribution in [0.1, 0.15) is 30.2 Å². The highest BCUT2D eigenvalue weighted by molar-refractivity contribution is 5.83. The first-order chi connectivity index (χ1) is 12.5. The summed E-state index contributed by atoms with van der Waals surface area (Å²) in [6, 6.07) is 9.42. The van der Waals surface area contributed by atoms with Crippen LogP contribution in [0.25, 0.3) is 10.9 Å². The van der Waals surface area contributed by atoms with E-state index in [-0.39, 0.29) is 18.9 Å². The average Bonchev–Trinajstić information content (AvgIpc) is 2.93. The van der Waals surface area contributed by atoms with Crippen LogP contribution < -0.4 is 0 Å². The number of aromatic nitrogens is 2. The Morgan fingerprint density at radius 3 is 2.73 bits per heavy atom. The van der Waals surface area contributed by atoms with Crippen LogP contribution in [-0.4, -0.2) is 22.4 Å². The Bertz CT molecular complexity index is 950. The molecule has 26 heavy (non-hydrogen) atoms. The molecule has 6 heteroatoms. The summed E-state index contributed by atoms with van der Waals surface area (Å²) < 4.78 is 33.8. The molecular formula is C20H20F2N2O2. The van der Waals surface area contributed by atoms with Gasteiger partial charge >= 0.3 is 5.97 Å². The van der Waals surface area contributed by atoms with Crippen molar-refractivity contribution in [2.75, 3.05) is 6.61 Å². The first-order valence-electron chi connectivity index (χ1n) is 8.53. The van der Waals surface area contributed by atoms with Gasteiger partial charge in [-0.3, -0.25) is 9.48 Å². The Labute approximate surface area is 150 Å². The minimum atomic E-state index is -0.609. The second-order valence-corrected chi connectivity index (χ2v) is 6.17. The number of fused-ring (bicyclic) bond motifs is 1. The maximum atomic E-state index is 14.0. The minimum absolute atomic E-state index is 0.186. The lowest BCUT2D eigenvalue weighted by atomic mass is 10.1. The van der Waals surface area contributed by atoms with E-state index in [1.54, 1.807) is 11.6 Å². The maximum absolute atomic E-state index is 14.0. The van der Waals surface area contributed by atoms with E-state index in [1.165, 1.54) is 12.1 Å². The summed E-state index contributed by atoms with van der Waals surface area (Å²) >= 11 is 0. The summed E-state index contributed by atoms with van der Waals surface area (Å²) in [5.74, 6) is -1.48. The van der Waals surface area contributed by atoms with E-state index in [9.17, 15) is 13.6 Å². The van der Waals surface area contributed by atoms with E-state index in [4.69, 9.17) is 4.74 Å². The first kappa shape index (κ1) is 18.0. The molecule has 3 aromatic rings. The molecule has 1 aromatic heterocycles. The van der Waals surface area contributed by atoms with Crippen LogP contribution in [0.15, 0.2) is 36.4 Å². The number of esters is 1. The summed E-state index contributed by atoms with van der Waals surface area (Å²) in [7, 11) is 0. The van der Waals surface area contributed by atoms with Crippen LogP contribution in [0.2, 0.25) is 0 Å². The van der Waals surface area contributed by atoms with Gasteiger partial charge in [-0.2, -0.15) is 5.10 Å². The van der Waals surface area contributed by atoms with E-state index < -0.39 is 11.6 Å². The Balaban J connectivity index is 1.94. The normalized spacial score (nSPS) is 11.1. The predicted octanol–water partition coefficient (Wildman–Crippen LogP) is 4.17. The summed E-state index contributed by atoms with van der Waals surface area (Å²) in [6.45, 7) is 4.26. The summed E-state index contributed by atoms with van der Waals surface area (Å²) in [5.41, 5.74) is 3.02. The number of rotatable bonds is 6. The summed E-state index contributed by atoms with van der Waals surface area (Å²) in [6.07, 6.45) is 0.677. The van der Waals surface area contributed by atoms with E-state index in [1.807, 2.05) is 25.1 Å². The number of carbonyl (C=O) groups is 1. The Kier molecular flexibility index (Phi) is 5.30. The van der Waals surface area contributed by atoms with Gasteiger partial charge in [0.2, 0.25) is 0 Å². The van der Waals surface area contributed by atoms with Crippen molar-refractivity contribution in [3.63, 3.8) is 0 Å². The lowest BCUT2D eigenvalue weighted by Gasteiger charge is -2.06. The number of carbonyl (C=O) groups excluding carboxylic acids is 1. The van der Waals surface area contributed by atoms with E-state index in [2.05, 4.69) is 5.10 Å².